The van der Waals surface area contributed by atoms with Crippen molar-refractivity contribution in [2.24, 2.45) is 0 Å². The highest BCUT2D eigenvalue weighted by Gasteiger charge is 2.26. The van der Waals surface area contributed by atoms with E-state index in [2.05, 4.69) is 10.4 Å². The van der Waals surface area contributed by atoms with Gasteiger partial charge in [0.2, 0.25) is 0 Å². The van der Waals surface area contributed by atoms with E-state index >= 15 is 0 Å². The molecule has 0 aliphatic carbocycles. The van der Waals surface area contributed by atoms with Crippen molar-refractivity contribution in [2.75, 3.05) is 13.1 Å². The Morgan fingerprint density at radius 2 is 2.03 bits per heavy atom. The van der Waals surface area contributed by atoms with E-state index in [-0.39, 0.29) is 17.9 Å². The molecule has 2 aromatic heterocycles. The Balaban J connectivity index is 1.38. The quantitative estimate of drug-likeness (QED) is 0.711. The number of piperidine rings is 1. The molecular weight excluding hydrogens is 392 g/mol. The van der Waals surface area contributed by atoms with Crippen LogP contribution in [0.4, 0.5) is 0 Å². The number of benzene rings is 1. The van der Waals surface area contributed by atoms with E-state index < -0.39 is 0 Å². The van der Waals surface area contributed by atoms with Gasteiger partial charge in [0.05, 0.1) is 35.0 Å². The second kappa shape index (κ2) is 8.13. The van der Waals surface area contributed by atoms with Crippen LogP contribution in [-0.2, 0) is 0 Å². The highest BCUT2D eigenvalue weighted by molar-refractivity contribution is 6.30. The van der Waals surface area contributed by atoms with Gasteiger partial charge in [0, 0.05) is 24.2 Å². The van der Waals surface area contributed by atoms with Crippen LogP contribution in [0.1, 0.15) is 39.3 Å². The third-order valence-corrected chi connectivity index (χ3v) is 5.43. The summed E-state index contributed by atoms with van der Waals surface area (Å²) in [6, 6.07) is 9.01. The molecule has 0 bridgehead atoms. The summed E-state index contributed by atoms with van der Waals surface area (Å²) in [4.78, 5) is 26.9. The number of furan rings is 1. The van der Waals surface area contributed by atoms with Crippen LogP contribution in [0.15, 0.2) is 53.5 Å². The highest BCUT2D eigenvalue weighted by atomic mass is 35.5. The minimum atomic E-state index is -0.157. The summed E-state index contributed by atoms with van der Waals surface area (Å²) in [5.41, 5.74) is 2.64. The van der Waals surface area contributed by atoms with Gasteiger partial charge in [-0.25, -0.2) is 4.68 Å². The number of amides is 2. The molecule has 3 aromatic rings. The minimum absolute atomic E-state index is 0.0184. The van der Waals surface area contributed by atoms with Crippen LogP contribution in [0.2, 0.25) is 5.02 Å². The van der Waals surface area contributed by atoms with E-state index in [4.69, 9.17) is 16.0 Å². The number of aromatic nitrogens is 2. The number of nitrogens with one attached hydrogen (secondary N) is 1. The lowest BCUT2D eigenvalue weighted by atomic mass is 10.0. The maximum Gasteiger partial charge on any atom is 0.257 e. The fourth-order valence-corrected chi connectivity index (χ4v) is 3.74. The summed E-state index contributed by atoms with van der Waals surface area (Å²) in [6.07, 6.45) is 5.93. The van der Waals surface area contributed by atoms with Gasteiger partial charge >= 0.3 is 0 Å². The molecule has 0 unspecified atom stereocenters. The van der Waals surface area contributed by atoms with Crippen LogP contribution < -0.4 is 5.32 Å². The molecule has 3 heterocycles. The highest BCUT2D eigenvalue weighted by Crippen LogP contribution is 2.19. The maximum atomic E-state index is 12.8. The van der Waals surface area contributed by atoms with Gasteiger partial charge in [-0.3, -0.25) is 9.59 Å². The number of hydrogen-bond donors (Lipinski definition) is 1. The first-order valence-electron chi connectivity index (χ1n) is 9.46. The van der Waals surface area contributed by atoms with Gasteiger partial charge in [0.15, 0.2) is 0 Å². The topological polar surface area (TPSA) is 80.4 Å². The average Bonchev–Trinajstić information content (AvgIpc) is 3.38. The number of likely N-dealkylation sites (tertiary alicyclic amines) is 1. The van der Waals surface area contributed by atoms with E-state index in [9.17, 15) is 9.59 Å². The summed E-state index contributed by atoms with van der Waals surface area (Å²) in [5.74, 6) is -0.197. The van der Waals surface area contributed by atoms with Crippen LogP contribution in [0.3, 0.4) is 0 Å². The molecule has 8 heteroatoms. The molecule has 1 aliphatic heterocycles. The summed E-state index contributed by atoms with van der Waals surface area (Å²) in [5, 5.41) is 8.02. The molecule has 0 atom stereocenters. The van der Waals surface area contributed by atoms with Gasteiger partial charge in [-0.15, -0.1) is 0 Å². The predicted octanol–water partition coefficient (Wildman–Crippen LogP) is 3.46. The lowest BCUT2D eigenvalue weighted by Gasteiger charge is -2.32. The third kappa shape index (κ3) is 4.05. The van der Waals surface area contributed by atoms with Gasteiger partial charge in [-0.1, -0.05) is 17.7 Å². The van der Waals surface area contributed by atoms with Crippen LogP contribution in [0.5, 0.6) is 0 Å². The van der Waals surface area contributed by atoms with E-state index in [1.54, 1.807) is 34.0 Å². The van der Waals surface area contributed by atoms with Gasteiger partial charge < -0.3 is 14.6 Å². The minimum Gasteiger partial charge on any atom is -0.472 e. The van der Waals surface area contributed by atoms with Gasteiger partial charge in [0.1, 0.15) is 6.26 Å². The zero-order chi connectivity index (χ0) is 20.4. The zero-order valence-corrected chi connectivity index (χ0v) is 16.7. The molecule has 1 saturated heterocycles. The largest absolute Gasteiger partial charge is 0.472 e. The molecule has 2 amide bonds. The molecule has 150 valence electrons. The lowest BCUT2D eigenvalue weighted by molar-refractivity contribution is 0.0697. The fourth-order valence-electron chi connectivity index (χ4n) is 3.56. The Labute approximate surface area is 173 Å². The van der Waals surface area contributed by atoms with Crippen molar-refractivity contribution in [1.82, 2.24) is 20.0 Å². The third-order valence-electron chi connectivity index (χ3n) is 5.19. The van der Waals surface area contributed by atoms with Crippen molar-refractivity contribution < 1.29 is 14.0 Å². The number of carbonyl (C=O) groups is 2. The lowest BCUT2D eigenvalue weighted by Crippen LogP contribution is -2.46. The summed E-state index contributed by atoms with van der Waals surface area (Å²) >= 11 is 6.06. The predicted molar refractivity (Wildman–Crippen MR) is 108 cm³/mol. The SMILES string of the molecule is Cc1c(C(=O)NC2CCN(C(=O)c3ccoc3)CC2)cnn1-c1cccc(Cl)c1. The number of hydrogen-bond acceptors (Lipinski definition) is 4. The van der Waals surface area contributed by atoms with Crippen LogP contribution in [-0.4, -0.2) is 45.6 Å². The molecule has 4 rings (SSSR count). The van der Waals surface area contributed by atoms with Crippen LogP contribution in [0, 0.1) is 6.92 Å². The first-order valence-corrected chi connectivity index (χ1v) is 9.83. The molecule has 1 aliphatic rings. The molecule has 0 saturated carbocycles. The van der Waals surface area contributed by atoms with Crippen LogP contribution >= 0.6 is 11.6 Å². The van der Waals surface area contributed by atoms with Crippen molar-refractivity contribution in [1.29, 1.82) is 0 Å². The molecule has 1 fully saturated rings. The number of halogens is 1. The van der Waals surface area contributed by atoms with E-state index in [1.165, 1.54) is 12.5 Å². The normalized spacial score (nSPS) is 14.8. The van der Waals surface area contributed by atoms with Gasteiger partial charge in [-0.05, 0) is 44.0 Å². The second-order valence-electron chi connectivity index (χ2n) is 7.09. The van der Waals surface area contributed by atoms with E-state index in [0.717, 1.165) is 11.4 Å². The molecular formula is C21H21ClN4O3. The van der Waals surface area contributed by atoms with E-state index in [0.29, 0.717) is 42.1 Å². The monoisotopic (exact) mass is 412 g/mol. The summed E-state index contributed by atoms with van der Waals surface area (Å²) in [7, 11) is 0. The first kappa shape index (κ1) is 19.3. The molecule has 0 spiro atoms. The fraction of sp³-hybridized carbons (Fsp3) is 0.286. The summed E-state index contributed by atoms with van der Waals surface area (Å²) in [6.45, 7) is 3.04. The zero-order valence-electron chi connectivity index (χ0n) is 16.0. The van der Waals surface area contributed by atoms with Gasteiger partial charge in [-0.2, -0.15) is 5.10 Å². The number of rotatable bonds is 4. The molecule has 1 aromatic carbocycles. The molecule has 0 radical (unpaired) electrons. The Bertz CT molecular complexity index is 1020. The second-order valence-corrected chi connectivity index (χ2v) is 7.52. The van der Waals surface area contributed by atoms with Gasteiger partial charge in [0.25, 0.3) is 11.8 Å². The van der Waals surface area contributed by atoms with Crippen molar-refractivity contribution in [3.8, 4) is 5.69 Å². The molecule has 7 nitrogen and oxygen atoms in total. The van der Waals surface area contributed by atoms with Crippen molar-refractivity contribution in [2.45, 2.75) is 25.8 Å². The molecule has 29 heavy (non-hydrogen) atoms. The Hall–Kier alpha value is -3.06. The number of nitrogens with zero attached hydrogens (tertiary/aromatic N) is 3. The standard InChI is InChI=1S/C21H21ClN4O3/c1-14-19(12-23-26(14)18-4-2-3-16(22)11-18)20(27)24-17-5-8-25(9-6-17)21(28)15-7-10-29-13-15/h2-4,7,10-13,17H,5-6,8-9H2,1H3,(H,24,27). The van der Waals surface area contributed by atoms with Crippen LogP contribution in [0.25, 0.3) is 5.69 Å². The molecule has 1 N–H and O–H groups in total. The maximum absolute atomic E-state index is 12.8. The smallest absolute Gasteiger partial charge is 0.257 e. The van der Waals surface area contributed by atoms with Crippen molar-refractivity contribution >= 4 is 23.4 Å². The Morgan fingerprint density at radius 3 is 2.72 bits per heavy atom. The van der Waals surface area contributed by atoms with Crippen molar-refractivity contribution in [3.05, 3.63) is 70.9 Å². The Kier molecular flexibility index (Phi) is 5.40. The number of carbonyl (C=O) groups excluding carboxylic acids is 2. The Morgan fingerprint density at radius 1 is 1.24 bits per heavy atom. The summed E-state index contributed by atoms with van der Waals surface area (Å²) < 4.78 is 6.68. The van der Waals surface area contributed by atoms with E-state index in [1.807, 2.05) is 19.1 Å². The first-order chi connectivity index (χ1) is 14.0. The van der Waals surface area contributed by atoms with Crippen molar-refractivity contribution in [3.63, 3.8) is 0 Å². The average molecular weight is 413 g/mol.